The molecule has 5 aromatic rings. The van der Waals surface area contributed by atoms with Crippen molar-refractivity contribution in [1.29, 1.82) is 0 Å². The van der Waals surface area contributed by atoms with Crippen LogP contribution in [0.25, 0.3) is 11.0 Å². The highest BCUT2D eigenvalue weighted by molar-refractivity contribution is 7.93. The number of carbonyl (C=O) groups is 1. The number of aromatic nitrogens is 3. The summed E-state index contributed by atoms with van der Waals surface area (Å²) < 4.78 is 66.4. The zero-order valence-corrected chi connectivity index (χ0v) is 29.9. The van der Waals surface area contributed by atoms with Crippen LogP contribution in [0.3, 0.4) is 0 Å². The Morgan fingerprint density at radius 3 is 2.25 bits per heavy atom. The Balaban J connectivity index is 1.31. The van der Waals surface area contributed by atoms with E-state index >= 15 is 0 Å². The highest BCUT2D eigenvalue weighted by atomic mass is 32.2. The molecule has 7 rings (SSSR count). The van der Waals surface area contributed by atoms with Crippen LogP contribution < -0.4 is 28.6 Å². The van der Waals surface area contributed by atoms with Crippen molar-refractivity contribution in [2.45, 2.75) is 55.7 Å². The second-order valence-electron chi connectivity index (χ2n) is 12.5. The van der Waals surface area contributed by atoms with Gasteiger partial charge in [-0.05, 0) is 68.0 Å². The molecule has 0 bridgehead atoms. The lowest BCUT2D eigenvalue weighted by atomic mass is 10.2. The Hall–Kier alpha value is -5.48. The lowest BCUT2D eigenvalue weighted by molar-refractivity contribution is -0.0409. The largest absolute Gasteiger partial charge is 0.497 e. The summed E-state index contributed by atoms with van der Waals surface area (Å²) in [6.07, 6.45) is 5.10. The third-order valence-electron chi connectivity index (χ3n) is 9.20. The van der Waals surface area contributed by atoms with Crippen LogP contribution in [0, 0.1) is 0 Å². The summed E-state index contributed by atoms with van der Waals surface area (Å²) in [5, 5.41) is 22.5. The van der Waals surface area contributed by atoms with Gasteiger partial charge in [0.2, 0.25) is 0 Å². The van der Waals surface area contributed by atoms with Crippen molar-refractivity contribution >= 4 is 44.3 Å². The van der Waals surface area contributed by atoms with Crippen molar-refractivity contribution in [3.63, 3.8) is 0 Å². The average Bonchev–Trinajstić information content (AvgIpc) is 3.81. The first-order valence-corrected chi connectivity index (χ1v) is 18.2. The number of benzene rings is 3. The van der Waals surface area contributed by atoms with E-state index in [1.165, 1.54) is 28.4 Å². The fourth-order valence-corrected chi connectivity index (χ4v) is 8.07. The second kappa shape index (κ2) is 14.3. The monoisotopic (exact) mass is 733 g/mol. The first kappa shape index (κ1) is 34.9. The predicted octanol–water partition coefficient (Wildman–Crippen LogP) is 6.47. The Morgan fingerprint density at radius 1 is 0.942 bits per heavy atom. The van der Waals surface area contributed by atoms with Crippen molar-refractivity contribution in [1.82, 2.24) is 14.9 Å². The number of nitrogens with zero attached hydrogens (tertiary/aromatic N) is 4. The van der Waals surface area contributed by atoms with Gasteiger partial charge >= 0.3 is 5.97 Å². The quantitative estimate of drug-likeness (QED) is 0.127. The van der Waals surface area contributed by atoms with E-state index in [1.807, 2.05) is 10.7 Å². The lowest BCUT2D eigenvalue weighted by Crippen LogP contribution is -2.31. The van der Waals surface area contributed by atoms with Gasteiger partial charge in [0, 0.05) is 30.4 Å². The standard InChI is InChI=1S/C36H39N5O10S/c1-46-24-12-8-21(9-13-24)20-40(52(44,45)34-30(48-3)15-23(36(42)43)16-31(34)49-4)35-25-17-29(47-2)26(18-28(25)51-39-35)37-32-19-27(22-10-11-22)41(38-32)33-7-5-6-14-50-33/h8-9,12-13,15-19,22,33H,5-7,10-11,14,20H2,1-4H3,(H,37,38)(H,42,43). The molecule has 0 amide bonds. The zero-order chi connectivity index (χ0) is 36.6. The van der Waals surface area contributed by atoms with Crippen molar-refractivity contribution in [2.24, 2.45) is 0 Å². The van der Waals surface area contributed by atoms with E-state index in [4.69, 9.17) is 33.3 Å². The molecule has 16 heteroatoms. The van der Waals surface area contributed by atoms with Gasteiger partial charge in [-0.15, -0.1) is 0 Å². The minimum absolute atomic E-state index is 0.0446. The minimum Gasteiger partial charge on any atom is -0.497 e. The van der Waals surface area contributed by atoms with Crippen molar-refractivity contribution in [3.8, 4) is 23.0 Å². The summed E-state index contributed by atoms with van der Waals surface area (Å²) in [4.78, 5) is 11.5. The molecule has 2 fully saturated rings. The van der Waals surface area contributed by atoms with Crippen LogP contribution in [0.4, 0.5) is 17.3 Å². The maximum atomic E-state index is 14.8. The molecule has 1 saturated heterocycles. The maximum Gasteiger partial charge on any atom is 0.335 e. The van der Waals surface area contributed by atoms with Crippen molar-refractivity contribution < 1.29 is 46.5 Å². The summed E-state index contributed by atoms with van der Waals surface area (Å²) in [7, 11) is 0.942. The number of anilines is 3. The van der Waals surface area contributed by atoms with Crippen molar-refractivity contribution in [2.75, 3.05) is 44.7 Å². The zero-order valence-electron chi connectivity index (χ0n) is 29.1. The Bertz CT molecular complexity index is 2180. The smallest absolute Gasteiger partial charge is 0.335 e. The number of sulfonamides is 1. The summed E-state index contributed by atoms with van der Waals surface area (Å²) >= 11 is 0. The van der Waals surface area contributed by atoms with Gasteiger partial charge in [-0.3, -0.25) is 0 Å². The molecule has 1 saturated carbocycles. The Labute approximate surface area is 300 Å². The summed E-state index contributed by atoms with van der Waals surface area (Å²) in [6.45, 7) is 0.502. The topological polar surface area (TPSA) is 177 Å². The van der Waals surface area contributed by atoms with Gasteiger partial charge in [-0.25, -0.2) is 22.2 Å². The Kier molecular flexibility index (Phi) is 9.59. The van der Waals surface area contributed by atoms with E-state index in [1.54, 1.807) is 36.4 Å². The number of ether oxygens (including phenoxy) is 5. The third kappa shape index (κ3) is 6.66. The van der Waals surface area contributed by atoms with Gasteiger partial charge in [-0.1, -0.05) is 17.3 Å². The highest BCUT2D eigenvalue weighted by Gasteiger charge is 2.37. The average molecular weight is 734 g/mol. The SMILES string of the molecule is COc1ccc(CN(c2noc3cc(Nc4cc(C5CC5)n(C5CCCCO5)n4)c(OC)cc23)S(=O)(=O)c2c(OC)cc(C(=O)O)cc2OC)cc1. The maximum absolute atomic E-state index is 14.8. The number of aromatic carboxylic acids is 1. The van der Waals surface area contributed by atoms with Crippen molar-refractivity contribution in [3.05, 3.63) is 71.4 Å². The molecule has 2 aromatic heterocycles. The van der Waals surface area contributed by atoms with E-state index in [2.05, 4.69) is 10.5 Å². The van der Waals surface area contributed by atoms with E-state index in [0.717, 1.165) is 54.2 Å². The molecule has 3 aromatic carbocycles. The van der Waals surface area contributed by atoms with E-state index in [9.17, 15) is 18.3 Å². The fourth-order valence-electron chi connectivity index (χ4n) is 6.38. The molecule has 0 spiro atoms. The van der Waals surface area contributed by atoms with Crippen LogP contribution in [0.5, 0.6) is 23.0 Å². The van der Waals surface area contributed by atoms with E-state index in [0.29, 0.717) is 46.5 Å². The van der Waals surface area contributed by atoms with Gasteiger partial charge in [0.15, 0.2) is 28.3 Å². The number of hydrogen-bond acceptors (Lipinski definition) is 12. The molecule has 15 nitrogen and oxygen atoms in total. The number of nitrogens with one attached hydrogen (secondary N) is 1. The molecule has 3 heterocycles. The van der Waals surface area contributed by atoms with Crippen LogP contribution in [-0.2, 0) is 21.3 Å². The molecule has 0 radical (unpaired) electrons. The van der Waals surface area contributed by atoms with E-state index in [-0.39, 0.29) is 46.1 Å². The molecular formula is C36H39N5O10S. The number of hydrogen-bond donors (Lipinski definition) is 2. The highest BCUT2D eigenvalue weighted by Crippen LogP contribution is 2.45. The predicted molar refractivity (Wildman–Crippen MR) is 190 cm³/mol. The molecule has 1 aliphatic heterocycles. The molecule has 2 N–H and O–H groups in total. The second-order valence-corrected chi connectivity index (χ2v) is 14.3. The van der Waals surface area contributed by atoms with Gasteiger partial charge in [0.25, 0.3) is 10.0 Å². The van der Waals surface area contributed by atoms with Gasteiger partial charge in [0.1, 0.15) is 23.0 Å². The van der Waals surface area contributed by atoms with Crippen LogP contribution in [0.2, 0.25) is 0 Å². The molecular weight excluding hydrogens is 694 g/mol. The number of fused-ring (bicyclic) bond motifs is 1. The molecule has 1 unspecified atom stereocenters. The Morgan fingerprint density at radius 2 is 1.65 bits per heavy atom. The normalized spacial score (nSPS) is 16.0. The minimum atomic E-state index is -4.60. The fraction of sp³-hybridized carbons (Fsp3) is 0.361. The molecule has 274 valence electrons. The van der Waals surface area contributed by atoms with Crippen LogP contribution >= 0.6 is 0 Å². The number of carboxylic acid groups (broad SMARTS) is 1. The summed E-state index contributed by atoms with van der Waals surface area (Å²) in [5.41, 5.74) is 2.30. The molecule has 1 atom stereocenters. The summed E-state index contributed by atoms with van der Waals surface area (Å²) in [5.74, 6) is 0.240. The van der Waals surface area contributed by atoms with Crippen LogP contribution in [0.15, 0.2) is 64.0 Å². The number of methoxy groups -OCH3 is 4. The van der Waals surface area contributed by atoms with Gasteiger partial charge in [-0.2, -0.15) is 5.10 Å². The third-order valence-corrected chi connectivity index (χ3v) is 11.0. The van der Waals surface area contributed by atoms with Crippen LogP contribution in [0.1, 0.15) is 65.9 Å². The molecule has 1 aliphatic carbocycles. The number of rotatable bonds is 14. The van der Waals surface area contributed by atoms with Gasteiger partial charge < -0.3 is 38.6 Å². The first-order valence-electron chi connectivity index (χ1n) is 16.8. The summed E-state index contributed by atoms with van der Waals surface area (Å²) in [6, 6.07) is 14.5. The molecule has 2 aliphatic rings. The van der Waals surface area contributed by atoms with E-state index < -0.39 is 16.0 Å². The van der Waals surface area contributed by atoms with Gasteiger partial charge in [0.05, 0.1) is 51.6 Å². The van der Waals surface area contributed by atoms with Crippen LogP contribution in [-0.4, -0.2) is 69.5 Å². The lowest BCUT2D eigenvalue weighted by Gasteiger charge is -2.25. The molecule has 52 heavy (non-hydrogen) atoms. The number of carboxylic acids is 1. The first-order chi connectivity index (χ1) is 25.1.